The molecule has 0 aromatic heterocycles. The minimum Gasteiger partial charge on any atom is -0.366 e. The molecule has 1 saturated heterocycles. The fraction of sp³-hybridized carbons (Fsp3) is 0.500. The number of amides is 1. The first-order chi connectivity index (χ1) is 8.19. The summed E-state index contributed by atoms with van der Waals surface area (Å²) in [5, 5.41) is 3.47. The molecule has 3 N–H and O–H groups in total. The molecule has 2 aliphatic rings. The average Bonchev–Trinajstić information content (AvgIpc) is 2.76. The van der Waals surface area contributed by atoms with Crippen molar-refractivity contribution >= 4 is 5.91 Å². The molecule has 1 aliphatic carbocycles. The van der Waals surface area contributed by atoms with E-state index >= 15 is 0 Å². The Morgan fingerprint density at radius 2 is 2.18 bits per heavy atom. The lowest BCUT2D eigenvalue weighted by atomic mass is 9.71. The molecular weight excluding hydrogens is 212 g/mol. The highest BCUT2D eigenvalue weighted by molar-refractivity contribution is 5.93. The minimum absolute atomic E-state index is 0.324. The van der Waals surface area contributed by atoms with Gasteiger partial charge in [-0.1, -0.05) is 6.07 Å². The first kappa shape index (κ1) is 10.8. The molecule has 1 heterocycles. The Labute approximate surface area is 101 Å². The molecule has 1 unspecified atom stereocenters. The molecule has 0 bridgehead atoms. The number of rotatable bonds is 1. The third kappa shape index (κ3) is 1.84. The van der Waals surface area contributed by atoms with Gasteiger partial charge in [-0.3, -0.25) is 4.79 Å². The van der Waals surface area contributed by atoms with Crippen molar-refractivity contribution < 1.29 is 4.79 Å². The van der Waals surface area contributed by atoms with Crippen LogP contribution in [0.4, 0.5) is 0 Å². The Balaban J connectivity index is 1.91. The van der Waals surface area contributed by atoms with Crippen molar-refractivity contribution in [3.63, 3.8) is 0 Å². The summed E-state index contributed by atoms with van der Waals surface area (Å²) in [5.41, 5.74) is 9.16. The molecule has 90 valence electrons. The van der Waals surface area contributed by atoms with Crippen LogP contribution in [0.3, 0.4) is 0 Å². The molecule has 1 spiro atoms. The molecule has 0 radical (unpaired) electrons. The van der Waals surface area contributed by atoms with E-state index in [4.69, 9.17) is 5.73 Å². The van der Waals surface area contributed by atoms with Crippen LogP contribution >= 0.6 is 0 Å². The summed E-state index contributed by atoms with van der Waals surface area (Å²) in [6, 6.07) is 5.93. The molecule has 0 saturated carbocycles. The standard InChI is InChI=1S/C14H18N2O/c15-13(17)11-1-2-12-8-14(5-6-16-9-14)4-3-10(12)7-11/h1-2,7,16H,3-6,8-9H2,(H2,15,17). The fourth-order valence-corrected chi connectivity index (χ4v) is 3.24. The lowest BCUT2D eigenvalue weighted by Crippen LogP contribution is -2.31. The normalized spacial score (nSPS) is 27.1. The largest absolute Gasteiger partial charge is 0.366 e. The van der Waals surface area contributed by atoms with Gasteiger partial charge in [0.25, 0.3) is 0 Å². The van der Waals surface area contributed by atoms with Crippen molar-refractivity contribution in [3.05, 3.63) is 34.9 Å². The van der Waals surface area contributed by atoms with Crippen LogP contribution in [0.15, 0.2) is 18.2 Å². The van der Waals surface area contributed by atoms with Crippen LogP contribution in [0.25, 0.3) is 0 Å². The number of hydrogen-bond acceptors (Lipinski definition) is 2. The van der Waals surface area contributed by atoms with Crippen molar-refractivity contribution in [1.82, 2.24) is 5.32 Å². The van der Waals surface area contributed by atoms with Crippen molar-refractivity contribution in [2.24, 2.45) is 11.1 Å². The van der Waals surface area contributed by atoms with Crippen LogP contribution < -0.4 is 11.1 Å². The molecule has 1 aromatic rings. The van der Waals surface area contributed by atoms with Gasteiger partial charge in [-0.25, -0.2) is 0 Å². The van der Waals surface area contributed by atoms with Gasteiger partial charge >= 0.3 is 0 Å². The maximum atomic E-state index is 11.1. The van der Waals surface area contributed by atoms with Gasteiger partial charge in [-0.15, -0.1) is 0 Å². The molecule has 1 aliphatic heterocycles. The van der Waals surface area contributed by atoms with Gasteiger partial charge in [-0.2, -0.15) is 0 Å². The molecule has 1 fully saturated rings. The maximum Gasteiger partial charge on any atom is 0.248 e. The summed E-state index contributed by atoms with van der Waals surface area (Å²) in [7, 11) is 0. The number of fused-ring (bicyclic) bond motifs is 1. The number of nitrogens with one attached hydrogen (secondary N) is 1. The molecule has 3 nitrogen and oxygen atoms in total. The lowest BCUT2D eigenvalue weighted by molar-refractivity contribution is 0.1000. The molecular formula is C14H18N2O. The zero-order chi connectivity index (χ0) is 11.9. The third-order valence-corrected chi connectivity index (χ3v) is 4.31. The van der Waals surface area contributed by atoms with Crippen molar-refractivity contribution in [2.45, 2.75) is 25.7 Å². The first-order valence-electron chi connectivity index (χ1n) is 6.31. The van der Waals surface area contributed by atoms with Gasteiger partial charge in [0.15, 0.2) is 0 Å². The highest BCUT2D eigenvalue weighted by Gasteiger charge is 2.36. The number of carbonyl (C=O) groups is 1. The SMILES string of the molecule is NC(=O)c1ccc2c(c1)CCC1(CCNC1)C2. The monoisotopic (exact) mass is 230 g/mol. The Morgan fingerprint density at radius 3 is 2.88 bits per heavy atom. The zero-order valence-electron chi connectivity index (χ0n) is 9.96. The summed E-state index contributed by atoms with van der Waals surface area (Å²) in [5.74, 6) is -0.324. The van der Waals surface area contributed by atoms with Crippen LogP contribution in [0.2, 0.25) is 0 Å². The summed E-state index contributed by atoms with van der Waals surface area (Å²) in [6.45, 7) is 2.29. The summed E-state index contributed by atoms with van der Waals surface area (Å²) < 4.78 is 0. The van der Waals surface area contributed by atoms with Crippen molar-refractivity contribution in [2.75, 3.05) is 13.1 Å². The van der Waals surface area contributed by atoms with Gasteiger partial charge < -0.3 is 11.1 Å². The van der Waals surface area contributed by atoms with Crippen LogP contribution in [0.5, 0.6) is 0 Å². The van der Waals surface area contributed by atoms with Crippen LogP contribution in [-0.2, 0) is 12.8 Å². The van der Waals surface area contributed by atoms with E-state index in [0.717, 1.165) is 25.9 Å². The van der Waals surface area contributed by atoms with E-state index in [1.807, 2.05) is 12.1 Å². The van der Waals surface area contributed by atoms with Crippen LogP contribution in [-0.4, -0.2) is 19.0 Å². The molecule has 17 heavy (non-hydrogen) atoms. The third-order valence-electron chi connectivity index (χ3n) is 4.31. The molecule has 3 rings (SSSR count). The topological polar surface area (TPSA) is 55.1 Å². The van der Waals surface area contributed by atoms with E-state index in [1.165, 1.54) is 24.0 Å². The van der Waals surface area contributed by atoms with E-state index in [0.29, 0.717) is 11.0 Å². The van der Waals surface area contributed by atoms with Gasteiger partial charge in [0.1, 0.15) is 0 Å². The van der Waals surface area contributed by atoms with Crippen molar-refractivity contribution in [1.29, 1.82) is 0 Å². The van der Waals surface area contributed by atoms with E-state index in [-0.39, 0.29) is 5.91 Å². The lowest BCUT2D eigenvalue weighted by Gasteiger charge is -2.34. The highest BCUT2D eigenvalue weighted by atomic mass is 16.1. The molecule has 1 amide bonds. The summed E-state index contributed by atoms with van der Waals surface area (Å²) >= 11 is 0. The molecule has 1 atom stereocenters. The van der Waals surface area contributed by atoms with Gasteiger partial charge in [0, 0.05) is 12.1 Å². The Bertz CT molecular complexity index is 461. The van der Waals surface area contributed by atoms with E-state index in [2.05, 4.69) is 11.4 Å². The van der Waals surface area contributed by atoms with Gasteiger partial charge in [0.2, 0.25) is 5.91 Å². The second-order valence-electron chi connectivity index (χ2n) is 5.45. The van der Waals surface area contributed by atoms with E-state index in [1.54, 1.807) is 0 Å². The van der Waals surface area contributed by atoms with E-state index < -0.39 is 0 Å². The number of carbonyl (C=O) groups excluding carboxylic acids is 1. The predicted octanol–water partition coefficient (Wildman–Crippen LogP) is 1.25. The second kappa shape index (κ2) is 3.84. The highest BCUT2D eigenvalue weighted by Crippen LogP contribution is 2.40. The van der Waals surface area contributed by atoms with Crippen molar-refractivity contribution in [3.8, 4) is 0 Å². The number of hydrogen-bond donors (Lipinski definition) is 2. The van der Waals surface area contributed by atoms with Crippen LogP contribution in [0.1, 0.15) is 34.3 Å². The number of nitrogens with two attached hydrogens (primary N) is 1. The zero-order valence-corrected chi connectivity index (χ0v) is 9.96. The Hall–Kier alpha value is -1.35. The summed E-state index contributed by atoms with van der Waals surface area (Å²) in [6.07, 6.45) is 4.74. The predicted molar refractivity (Wildman–Crippen MR) is 66.9 cm³/mol. The molecule has 3 heteroatoms. The Kier molecular flexibility index (Phi) is 2.44. The summed E-state index contributed by atoms with van der Waals surface area (Å²) in [4.78, 5) is 11.1. The average molecular weight is 230 g/mol. The quantitative estimate of drug-likeness (QED) is 0.763. The minimum atomic E-state index is -0.324. The fourth-order valence-electron chi connectivity index (χ4n) is 3.24. The number of aryl methyl sites for hydroxylation is 1. The number of benzene rings is 1. The maximum absolute atomic E-state index is 11.1. The van der Waals surface area contributed by atoms with Gasteiger partial charge in [-0.05, 0) is 60.9 Å². The van der Waals surface area contributed by atoms with Crippen LogP contribution in [0, 0.1) is 5.41 Å². The number of primary amides is 1. The Morgan fingerprint density at radius 1 is 1.29 bits per heavy atom. The first-order valence-corrected chi connectivity index (χ1v) is 6.31. The van der Waals surface area contributed by atoms with Gasteiger partial charge in [0.05, 0.1) is 0 Å². The second-order valence-corrected chi connectivity index (χ2v) is 5.45. The van der Waals surface area contributed by atoms with E-state index in [9.17, 15) is 4.79 Å². The molecule has 1 aromatic carbocycles. The smallest absolute Gasteiger partial charge is 0.248 e.